The fraction of sp³-hybridized carbons (Fsp3) is 0.692. The summed E-state index contributed by atoms with van der Waals surface area (Å²) in [6, 6.07) is 0. The third kappa shape index (κ3) is 3.96. The lowest BCUT2D eigenvalue weighted by Crippen LogP contribution is -1.92. The van der Waals surface area contributed by atoms with Gasteiger partial charge in [0.15, 0.2) is 0 Å². The maximum atomic E-state index is 2.37. The first-order valence-electron chi connectivity index (χ1n) is 5.99. The van der Waals surface area contributed by atoms with Crippen LogP contribution in [0, 0.1) is 0 Å². The van der Waals surface area contributed by atoms with Crippen LogP contribution >= 0.6 is 7.92 Å². The molecule has 0 fully saturated rings. The van der Waals surface area contributed by atoms with Crippen molar-refractivity contribution < 1.29 is 0 Å². The van der Waals surface area contributed by atoms with Crippen LogP contribution in [-0.2, 0) is 0 Å². The molecule has 14 heavy (non-hydrogen) atoms. The molecule has 0 bridgehead atoms. The Morgan fingerprint density at radius 3 is 2.21 bits per heavy atom. The maximum Gasteiger partial charge on any atom is -0.00899 e. The third-order valence-electron chi connectivity index (χ3n) is 2.72. The Morgan fingerprint density at radius 2 is 1.79 bits per heavy atom. The Bertz CT molecular complexity index is 195. The molecule has 1 rings (SSSR count). The van der Waals surface area contributed by atoms with Gasteiger partial charge in [0.1, 0.15) is 0 Å². The molecule has 0 amide bonds. The highest BCUT2D eigenvalue weighted by Crippen LogP contribution is 2.49. The minimum absolute atomic E-state index is 0.225. The van der Waals surface area contributed by atoms with Gasteiger partial charge >= 0.3 is 0 Å². The highest BCUT2D eigenvalue weighted by atomic mass is 31.1. The predicted octanol–water partition coefficient (Wildman–Crippen LogP) is 4.91. The smallest absolute Gasteiger partial charge is 0.00899 e. The molecule has 0 saturated heterocycles. The molecule has 0 aromatic carbocycles. The first kappa shape index (κ1) is 12.0. The van der Waals surface area contributed by atoms with Crippen LogP contribution in [0.4, 0.5) is 0 Å². The number of allylic oxidation sites excluding steroid dienone is 4. The molecule has 0 heterocycles. The van der Waals surface area contributed by atoms with Gasteiger partial charge in [-0.25, -0.2) is 0 Å². The molecule has 80 valence electrons. The van der Waals surface area contributed by atoms with E-state index in [4.69, 9.17) is 0 Å². The Morgan fingerprint density at radius 1 is 1.14 bits per heavy atom. The van der Waals surface area contributed by atoms with Gasteiger partial charge in [-0.2, -0.15) is 0 Å². The van der Waals surface area contributed by atoms with Crippen molar-refractivity contribution in [1.29, 1.82) is 0 Å². The number of unbranched alkanes of at least 4 members (excludes halogenated alkanes) is 2. The SMILES string of the molecule is CCCCP(CCCC)C1=CC=CC1. The van der Waals surface area contributed by atoms with E-state index in [2.05, 4.69) is 32.1 Å². The molecule has 0 aromatic rings. The van der Waals surface area contributed by atoms with Crippen LogP contribution in [0.2, 0.25) is 0 Å². The molecule has 0 aliphatic heterocycles. The normalized spacial score (nSPS) is 15.2. The summed E-state index contributed by atoms with van der Waals surface area (Å²) < 4.78 is 0. The monoisotopic (exact) mass is 210 g/mol. The minimum Gasteiger partial charge on any atom is -0.0801 e. The zero-order valence-electron chi connectivity index (χ0n) is 9.63. The molecule has 0 atom stereocenters. The lowest BCUT2D eigenvalue weighted by Gasteiger charge is -2.18. The second-order valence-electron chi connectivity index (χ2n) is 3.98. The number of hydrogen-bond acceptors (Lipinski definition) is 0. The molecule has 1 heteroatoms. The molecule has 1 aliphatic carbocycles. The summed E-state index contributed by atoms with van der Waals surface area (Å²) in [5.41, 5.74) is 0. The highest BCUT2D eigenvalue weighted by Gasteiger charge is 2.12. The summed E-state index contributed by atoms with van der Waals surface area (Å²) in [5.74, 6) is 0. The molecule has 0 radical (unpaired) electrons. The molecule has 0 saturated carbocycles. The van der Waals surface area contributed by atoms with E-state index in [0.717, 1.165) is 0 Å². The van der Waals surface area contributed by atoms with Crippen LogP contribution in [0.15, 0.2) is 23.5 Å². The van der Waals surface area contributed by atoms with E-state index in [1.807, 2.05) is 0 Å². The molecule has 0 spiro atoms. The van der Waals surface area contributed by atoms with Gasteiger partial charge in [0, 0.05) is 0 Å². The van der Waals surface area contributed by atoms with Crippen LogP contribution in [0.1, 0.15) is 46.0 Å². The van der Waals surface area contributed by atoms with Crippen molar-refractivity contribution in [1.82, 2.24) is 0 Å². The summed E-state index contributed by atoms with van der Waals surface area (Å²) in [7, 11) is 0.225. The summed E-state index contributed by atoms with van der Waals surface area (Å²) in [4.78, 5) is 0. The van der Waals surface area contributed by atoms with Crippen LogP contribution < -0.4 is 0 Å². The van der Waals surface area contributed by atoms with Gasteiger partial charge in [0.25, 0.3) is 0 Å². The molecular formula is C13H23P. The van der Waals surface area contributed by atoms with Crippen LogP contribution in [0.3, 0.4) is 0 Å². The zero-order chi connectivity index (χ0) is 10.2. The second kappa shape index (κ2) is 7.23. The fourth-order valence-electron chi connectivity index (χ4n) is 1.77. The van der Waals surface area contributed by atoms with Crippen LogP contribution in [-0.4, -0.2) is 12.3 Å². The van der Waals surface area contributed by atoms with Gasteiger partial charge in [0.2, 0.25) is 0 Å². The van der Waals surface area contributed by atoms with Crippen LogP contribution in [0.25, 0.3) is 0 Å². The van der Waals surface area contributed by atoms with E-state index in [1.165, 1.54) is 44.4 Å². The number of rotatable bonds is 7. The van der Waals surface area contributed by atoms with Gasteiger partial charge in [-0.1, -0.05) is 52.8 Å². The number of hydrogen-bond donors (Lipinski definition) is 0. The summed E-state index contributed by atoms with van der Waals surface area (Å²) in [6.45, 7) is 4.60. The van der Waals surface area contributed by atoms with E-state index in [0.29, 0.717) is 0 Å². The van der Waals surface area contributed by atoms with Gasteiger partial charge in [-0.15, -0.1) is 0 Å². The molecule has 0 nitrogen and oxygen atoms in total. The molecule has 0 N–H and O–H groups in total. The van der Waals surface area contributed by atoms with Crippen molar-refractivity contribution in [3.8, 4) is 0 Å². The fourth-order valence-corrected chi connectivity index (χ4v) is 4.62. The van der Waals surface area contributed by atoms with Crippen LogP contribution in [0.5, 0.6) is 0 Å². The first-order chi connectivity index (χ1) is 6.88. The van der Waals surface area contributed by atoms with Gasteiger partial charge in [-0.05, 0) is 36.9 Å². The maximum absolute atomic E-state index is 2.37. The molecule has 1 aliphatic rings. The van der Waals surface area contributed by atoms with Crippen molar-refractivity contribution in [2.45, 2.75) is 46.0 Å². The Kier molecular flexibility index (Phi) is 6.19. The topological polar surface area (TPSA) is 0 Å². The van der Waals surface area contributed by atoms with E-state index >= 15 is 0 Å². The molecular weight excluding hydrogens is 187 g/mol. The lowest BCUT2D eigenvalue weighted by molar-refractivity contribution is 0.868. The first-order valence-corrected chi connectivity index (χ1v) is 7.70. The summed E-state index contributed by atoms with van der Waals surface area (Å²) in [5, 5.41) is 1.75. The predicted molar refractivity (Wildman–Crippen MR) is 68.3 cm³/mol. The minimum atomic E-state index is 0.225. The average molecular weight is 210 g/mol. The summed E-state index contributed by atoms with van der Waals surface area (Å²) >= 11 is 0. The van der Waals surface area contributed by atoms with E-state index in [9.17, 15) is 0 Å². The molecule has 0 unspecified atom stereocenters. The Labute approximate surface area is 90.2 Å². The average Bonchev–Trinajstić information content (AvgIpc) is 2.71. The Balaban J connectivity index is 2.35. The zero-order valence-corrected chi connectivity index (χ0v) is 10.5. The van der Waals surface area contributed by atoms with Crippen molar-refractivity contribution >= 4 is 7.92 Å². The van der Waals surface area contributed by atoms with Crippen molar-refractivity contribution in [3.63, 3.8) is 0 Å². The van der Waals surface area contributed by atoms with Crippen molar-refractivity contribution in [3.05, 3.63) is 23.5 Å². The van der Waals surface area contributed by atoms with Gasteiger partial charge < -0.3 is 0 Å². The van der Waals surface area contributed by atoms with Crippen molar-refractivity contribution in [2.75, 3.05) is 12.3 Å². The van der Waals surface area contributed by atoms with Gasteiger partial charge in [-0.3, -0.25) is 0 Å². The largest absolute Gasteiger partial charge is 0.0801 e. The molecule has 0 aromatic heterocycles. The van der Waals surface area contributed by atoms with Crippen molar-refractivity contribution in [2.24, 2.45) is 0 Å². The van der Waals surface area contributed by atoms with E-state index in [1.54, 1.807) is 5.31 Å². The van der Waals surface area contributed by atoms with E-state index in [-0.39, 0.29) is 7.92 Å². The Hall–Kier alpha value is -0.0900. The quantitative estimate of drug-likeness (QED) is 0.523. The van der Waals surface area contributed by atoms with E-state index < -0.39 is 0 Å². The van der Waals surface area contributed by atoms with Gasteiger partial charge in [0.05, 0.1) is 0 Å². The highest BCUT2D eigenvalue weighted by molar-refractivity contribution is 7.62. The standard InChI is InChI=1S/C13H23P/c1-3-5-11-14(12-6-4-2)13-9-7-8-10-13/h7-9H,3-6,10-12H2,1-2H3. The summed E-state index contributed by atoms with van der Waals surface area (Å²) in [6.07, 6.45) is 16.7. The third-order valence-corrected chi connectivity index (χ3v) is 5.58. The lowest BCUT2D eigenvalue weighted by atomic mass is 10.4. The second-order valence-corrected chi connectivity index (χ2v) is 6.53.